The predicted molar refractivity (Wildman–Crippen MR) is 260 cm³/mol. The van der Waals surface area contributed by atoms with E-state index in [2.05, 4.69) is 243 Å². The van der Waals surface area contributed by atoms with Crippen molar-refractivity contribution < 1.29 is 0 Å². The Bertz CT molecular complexity index is 3020. The zero-order chi connectivity index (χ0) is 39.8. The summed E-state index contributed by atoms with van der Waals surface area (Å²) in [5, 5.41) is 15.5. The van der Waals surface area contributed by atoms with Crippen LogP contribution in [0.1, 0.15) is 0 Å². The molecule has 0 radical (unpaired) electrons. The molecule has 0 fully saturated rings. The summed E-state index contributed by atoms with van der Waals surface area (Å²) in [5.74, 6) is 0. The Labute approximate surface area is 350 Å². The van der Waals surface area contributed by atoms with E-state index in [-0.39, 0.29) is 0 Å². The summed E-state index contributed by atoms with van der Waals surface area (Å²) in [5.41, 5.74) is 10.3. The number of rotatable bonds is 4. The Morgan fingerprint density at radius 1 is 0.150 bits per heavy atom. The first-order chi connectivity index (χ1) is 29.8. The van der Waals surface area contributed by atoms with Gasteiger partial charge in [-0.1, -0.05) is 218 Å². The maximum Gasteiger partial charge on any atom is -0.00264 e. The van der Waals surface area contributed by atoms with Crippen molar-refractivity contribution in [1.29, 1.82) is 0 Å². The molecule has 0 aliphatic carbocycles. The summed E-state index contributed by atoms with van der Waals surface area (Å²) in [6.07, 6.45) is 0. The fourth-order valence-corrected chi connectivity index (χ4v) is 9.41. The zero-order valence-corrected chi connectivity index (χ0v) is 33.1. The second-order valence-electron chi connectivity index (χ2n) is 15.5. The molecule has 0 unspecified atom stereocenters. The third-order valence-corrected chi connectivity index (χ3v) is 12.0. The molecule has 0 aliphatic rings. The van der Waals surface area contributed by atoms with E-state index in [1.807, 2.05) is 0 Å². The molecule has 0 aliphatic heterocycles. The largest absolute Gasteiger partial charge is 0.0622 e. The lowest BCUT2D eigenvalue weighted by molar-refractivity contribution is 1.66. The van der Waals surface area contributed by atoms with Crippen LogP contribution in [0, 0.1) is 0 Å². The van der Waals surface area contributed by atoms with Crippen LogP contribution in [0.5, 0.6) is 0 Å². The third kappa shape index (κ3) is 6.18. The van der Waals surface area contributed by atoms with Gasteiger partial charge in [0, 0.05) is 0 Å². The van der Waals surface area contributed by atoms with E-state index in [0.29, 0.717) is 0 Å². The molecule has 0 atom stereocenters. The van der Waals surface area contributed by atoms with Crippen LogP contribution in [0.3, 0.4) is 0 Å². The molecule has 0 amide bonds. The van der Waals surface area contributed by atoms with Crippen LogP contribution in [-0.2, 0) is 0 Å². The van der Waals surface area contributed by atoms with E-state index >= 15 is 0 Å². The number of hydrogen-bond acceptors (Lipinski definition) is 0. The Hall–Kier alpha value is -7.80. The first kappa shape index (κ1) is 35.4. The minimum absolute atomic E-state index is 1.26. The number of hydrogen-bond donors (Lipinski definition) is 0. The van der Waals surface area contributed by atoms with Gasteiger partial charge in [-0.3, -0.25) is 0 Å². The molecule has 0 heteroatoms. The molecule has 12 rings (SSSR count). The number of benzene rings is 12. The molecule has 0 nitrogen and oxygen atoms in total. The molecule has 0 N–H and O–H groups in total. The highest BCUT2D eigenvalue weighted by Gasteiger charge is 2.18. The molecule has 0 bridgehead atoms. The lowest BCUT2D eigenvalue weighted by Crippen LogP contribution is -1.90. The fourth-order valence-electron chi connectivity index (χ4n) is 9.41. The Kier molecular flexibility index (Phi) is 8.95. The van der Waals surface area contributed by atoms with Gasteiger partial charge in [-0.25, -0.2) is 0 Å². The van der Waals surface area contributed by atoms with Gasteiger partial charge in [-0.15, -0.1) is 0 Å². The summed E-state index contributed by atoms with van der Waals surface area (Å²) in [4.78, 5) is 0. The monoisotopic (exact) mass is 760 g/mol. The highest BCUT2D eigenvalue weighted by atomic mass is 14.2. The smallest absolute Gasteiger partial charge is 0.00264 e. The molecule has 280 valence electrons. The highest BCUT2D eigenvalue weighted by molar-refractivity contribution is 6.23. The summed E-state index contributed by atoms with van der Waals surface area (Å²) in [6.45, 7) is 0. The molecule has 0 spiro atoms. The van der Waals surface area contributed by atoms with Crippen LogP contribution in [-0.4, -0.2) is 0 Å². The topological polar surface area (TPSA) is 0 Å². The van der Waals surface area contributed by atoms with Gasteiger partial charge in [0.15, 0.2) is 0 Å². The lowest BCUT2D eigenvalue weighted by Gasteiger charge is -2.17. The molecule has 12 aromatic rings. The van der Waals surface area contributed by atoms with E-state index in [4.69, 9.17) is 0 Å². The minimum Gasteiger partial charge on any atom is -0.0622 e. The summed E-state index contributed by atoms with van der Waals surface area (Å²) < 4.78 is 0. The molecule has 0 aromatic heterocycles. The van der Waals surface area contributed by atoms with E-state index < -0.39 is 0 Å². The molecule has 0 saturated carbocycles. The van der Waals surface area contributed by atoms with Gasteiger partial charge in [-0.2, -0.15) is 0 Å². The Morgan fingerprint density at radius 2 is 0.333 bits per heavy atom. The van der Waals surface area contributed by atoms with Crippen LogP contribution in [0.25, 0.3) is 109 Å². The average molecular weight is 761 g/mol. The van der Waals surface area contributed by atoms with Crippen molar-refractivity contribution in [2.24, 2.45) is 0 Å². The SMILES string of the molecule is c1ccc(-c2c3ccccc3cc3c(-c4ccccc4)c4ccccc4cc23)cc1.c1ccc(-c2c3ccccc3cc3c(-c4ccccc4)c4ccccc4cc23)cc1. The summed E-state index contributed by atoms with van der Waals surface area (Å²) >= 11 is 0. The van der Waals surface area contributed by atoms with Crippen molar-refractivity contribution >= 4 is 64.6 Å². The Morgan fingerprint density at radius 3 is 0.550 bits per heavy atom. The van der Waals surface area contributed by atoms with E-state index in [1.54, 1.807) is 0 Å². The van der Waals surface area contributed by atoms with Crippen LogP contribution in [0.15, 0.2) is 243 Å². The second kappa shape index (κ2) is 15.2. The molecule has 12 aromatic carbocycles. The van der Waals surface area contributed by atoms with Gasteiger partial charge in [0.2, 0.25) is 0 Å². The van der Waals surface area contributed by atoms with Gasteiger partial charge in [0.25, 0.3) is 0 Å². The minimum atomic E-state index is 1.26. The zero-order valence-electron chi connectivity index (χ0n) is 33.1. The molecule has 0 heterocycles. The van der Waals surface area contributed by atoms with E-state index in [1.165, 1.54) is 109 Å². The van der Waals surface area contributed by atoms with Gasteiger partial charge in [0.1, 0.15) is 0 Å². The average Bonchev–Trinajstić information content (AvgIpc) is 3.32. The van der Waals surface area contributed by atoms with Gasteiger partial charge in [0.05, 0.1) is 0 Å². The van der Waals surface area contributed by atoms with E-state index in [0.717, 1.165) is 0 Å². The van der Waals surface area contributed by atoms with Crippen molar-refractivity contribution in [3.63, 3.8) is 0 Å². The van der Waals surface area contributed by atoms with Crippen molar-refractivity contribution in [3.8, 4) is 44.5 Å². The van der Waals surface area contributed by atoms with E-state index in [9.17, 15) is 0 Å². The molecule has 0 saturated heterocycles. The lowest BCUT2D eigenvalue weighted by atomic mass is 9.86. The first-order valence-electron chi connectivity index (χ1n) is 20.8. The van der Waals surface area contributed by atoms with Crippen molar-refractivity contribution in [3.05, 3.63) is 243 Å². The van der Waals surface area contributed by atoms with Crippen LogP contribution in [0.4, 0.5) is 0 Å². The first-order valence-corrected chi connectivity index (χ1v) is 20.8. The predicted octanol–water partition coefficient (Wildman–Crippen LogP) is 17.0. The van der Waals surface area contributed by atoms with Gasteiger partial charge < -0.3 is 0 Å². The van der Waals surface area contributed by atoms with Crippen molar-refractivity contribution in [1.82, 2.24) is 0 Å². The van der Waals surface area contributed by atoms with Gasteiger partial charge in [-0.05, 0) is 133 Å². The molecule has 60 heavy (non-hydrogen) atoms. The second-order valence-corrected chi connectivity index (χ2v) is 15.5. The molecular formula is C60H40. The quantitative estimate of drug-likeness (QED) is 0.157. The maximum atomic E-state index is 2.37. The number of fused-ring (bicyclic) bond motifs is 6. The Balaban J connectivity index is 0.000000136. The fraction of sp³-hybridized carbons (Fsp3) is 0. The van der Waals surface area contributed by atoms with Gasteiger partial charge >= 0.3 is 0 Å². The standard InChI is InChI=1S/2C30H20/c2*1-3-11-21(12-4-1)29-25-17-9-7-15-23(25)20-28-27(29)19-24-16-8-10-18-26(24)30(28)22-13-5-2-6-14-22/h2*1-20H. The highest BCUT2D eigenvalue weighted by Crippen LogP contribution is 2.45. The normalized spacial score (nSPS) is 11.3. The van der Waals surface area contributed by atoms with Crippen LogP contribution < -0.4 is 0 Å². The van der Waals surface area contributed by atoms with Crippen molar-refractivity contribution in [2.75, 3.05) is 0 Å². The van der Waals surface area contributed by atoms with Crippen molar-refractivity contribution in [2.45, 2.75) is 0 Å². The summed E-state index contributed by atoms with van der Waals surface area (Å²) in [7, 11) is 0. The molecular weight excluding hydrogens is 721 g/mol. The third-order valence-electron chi connectivity index (χ3n) is 12.0. The summed E-state index contributed by atoms with van der Waals surface area (Å²) in [6, 6.07) is 87.6. The maximum absolute atomic E-state index is 2.37. The van der Waals surface area contributed by atoms with Crippen LogP contribution >= 0.6 is 0 Å². The van der Waals surface area contributed by atoms with Crippen LogP contribution in [0.2, 0.25) is 0 Å².